The molecule has 1 atom stereocenters. The quantitative estimate of drug-likeness (QED) is 0.812. The molecule has 20 heavy (non-hydrogen) atoms. The van der Waals surface area contributed by atoms with Crippen molar-refractivity contribution in [1.82, 2.24) is 0 Å². The van der Waals surface area contributed by atoms with Crippen molar-refractivity contribution in [2.75, 3.05) is 5.75 Å². The van der Waals surface area contributed by atoms with Crippen LogP contribution in [0.4, 0.5) is 0 Å². The van der Waals surface area contributed by atoms with E-state index in [1.54, 1.807) is 13.0 Å². The Hall–Kier alpha value is 0.340. The average Bonchev–Trinajstić information content (AvgIpc) is 2.85. The molecule has 1 aromatic rings. The van der Waals surface area contributed by atoms with Crippen LogP contribution in [0.15, 0.2) is 9.85 Å². The van der Waals surface area contributed by atoms with Gasteiger partial charge in [-0.1, -0.05) is 24.4 Å². The first-order chi connectivity index (χ1) is 9.07. The van der Waals surface area contributed by atoms with Gasteiger partial charge in [-0.3, -0.25) is 0 Å². The zero-order chi connectivity index (χ0) is 15.2. The summed E-state index contributed by atoms with van der Waals surface area (Å²) in [6.07, 6.45) is 2.71. The molecule has 1 aromatic heterocycles. The van der Waals surface area contributed by atoms with Gasteiger partial charge < -0.3 is 11.5 Å². The summed E-state index contributed by atoms with van der Waals surface area (Å²) in [5.74, 6) is -0.191. The normalized spacial score (nSPS) is 21.9. The molecule has 1 aliphatic rings. The average molecular weight is 402 g/mol. The monoisotopic (exact) mass is 400 g/mol. The maximum atomic E-state index is 12.6. The number of rotatable bonds is 4. The highest BCUT2D eigenvalue weighted by molar-refractivity contribution is 9.11. The number of thiophene rings is 1. The van der Waals surface area contributed by atoms with Crippen molar-refractivity contribution >= 4 is 48.7 Å². The minimum atomic E-state index is -3.49. The van der Waals surface area contributed by atoms with Crippen LogP contribution in [0.3, 0.4) is 0 Å². The number of halogens is 2. The second-order valence-electron chi connectivity index (χ2n) is 5.68. The standard InChI is InChI=1S/C12H18BrClN2O2S2/c1-11(15,10-8(14)6-9(13)19-10)7-20(17,18)12(16)4-2-3-5-12/h6H,2-5,7,15-16H2,1H3/t11-/m0/s1. The van der Waals surface area contributed by atoms with Crippen LogP contribution in [0.2, 0.25) is 5.02 Å². The van der Waals surface area contributed by atoms with Gasteiger partial charge in [0, 0.05) is 4.88 Å². The first kappa shape index (κ1) is 16.7. The molecule has 0 radical (unpaired) electrons. The van der Waals surface area contributed by atoms with Crippen LogP contribution < -0.4 is 11.5 Å². The molecule has 1 fully saturated rings. The lowest BCUT2D eigenvalue weighted by atomic mass is 10.1. The Morgan fingerprint density at radius 3 is 2.50 bits per heavy atom. The summed E-state index contributed by atoms with van der Waals surface area (Å²) in [4.78, 5) is -0.467. The second-order valence-corrected chi connectivity index (χ2v) is 10.8. The topological polar surface area (TPSA) is 86.2 Å². The summed E-state index contributed by atoms with van der Waals surface area (Å²) in [6.45, 7) is 1.69. The molecular weight excluding hydrogens is 384 g/mol. The summed E-state index contributed by atoms with van der Waals surface area (Å²) in [6, 6.07) is 1.73. The Labute approximate surface area is 136 Å². The summed E-state index contributed by atoms with van der Waals surface area (Å²) < 4.78 is 26.0. The Morgan fingerprint density at radius 2 is 2.05 bits per heavy atom. The SMILES string of the molecule is C[C@](N)(CS(=O)(=O)C1(N)CCCC1)c1sc(Br)cc1Cl. The van der Waals surface area contributed by atoms with Gasteiger partial charge in [-0.05, 0) is 41.8 Å². The van der Waals surface area contributed by atoms with Crippen molar-refractivity contribution in [3.8, 4) is 0 Å². The third-order valence-electron chi connectivity index (χ3n) is 3.73. The fourth-order valence-corrected chi connectivity index (χ4v) is 7.03. The number of hydrogen-bond acceptors (Lipinski definition) is 5. The zero-order valence-electron chi connectivity index (χ0n) is 11.2. The summed E-state index contributed by atoms with van der Waals surface area (Å²) >= 11 is 10.8. The van der Waals surface area contributed by atoms with Gasteiger partial charge in [-0.2, -0.15) is 0 Å². The van der Waals surface area contributed by atoms with Gasteiger partial charge in [-0.15, -0.1) is 11.3 Å². The Balaban J connectivity index is 2.30. The van der Waals surface area contributed by atoms with Crippen molar-refractivity contribution in [3.05, 3.63) is 19.8 Å². The van der Waals surface area contributed by atoms with Gasteiger partial charge in [0.15, 0.2) is 9.84 Å². The highest BCUT2D eigenvalue weighted by atomic mass is 79.9. The van der Waals surface area contributed by atoms with Gasteiger partial charge >= 0.3 is 0 Å². The van der Waals surface area contributed by atoms with E-state index in [0.29, 0.717) is 22.7 Å². The summed E-state index contributed by atoms with van der Waals surface area (Å²) in [7, 11) is -3.49. The van der Waals surface area contributed by atoms with Gasteiger partial charge in [0.25, 0.3) is 0 Å². The van der Waals surface area contributed by atoms with E-state index in [1.807, 2.05) is 0 Å². The lowest BCUT2D eigenvalue weighted by Crippen LogP contribution is -2.52. The number of hydrogen-bond donors (Lipinski definition) is 2. The Bertz CT molecular complexity index is 607. The molecule has 1 aliphatic carbocycles. The van der Waals surface area contributed by atoms with E-state index in [0.717, 1.165) is 16.6 Å². The molecule has 0 bridgehead atoms. The molecule has 0 unspecified atom stereocenters. The lowest BCUT2D eigenvalue weighted by molar-refractivity contribution is 0.490. The van der Waals surface area contributed by atoms with Crippen molar-refractivity contribution in [1.29, 1.82) is 0 Å². The van der Waals surface area contributed by atoms with Gasteiger partial charge in [-0.25, -0.2) is 8.42 Å². The Morgan fingerprint density at radius 1 is 1.50 bits per heavy atom. The third-order valence-corrected chi connectivity index (χ3v) is 8.69. The van der Waals surface area contributed by atoms with Crippen molar-refractivity contribution in [2.45, 2.75) is 43.0 Å². The minimum absolute atomic E-state index is 0.191. The molecule has 4 N–H and O–H groups in total. The van der Waals surface area contributed by atoms with E-state index in [9.17, 15) is 8.42 Å². The van der Waals surface area contributed by atoms with Crippen LogP contribution in [0.25, 0.3) is 0 Å². The Kier molecular flexibility index (Phi) is 4.61. The maximum absolute atomic E-state index is 12.6. The van der Waals surface area contributed by atoms with Crippen LogP contribution in [0.5, 0.6) is 0 Å². The van der Waals surface area contributed by atoms with Gasteiger partial charge in [0.2, 0.25) is 0 Å². The molecule has 0 spiro atoms. The molecule has 1 heterocycles. The predicted molar refractivity (Wildman–Crippen MR) is 87.7 cm³/mol. The third kappa shape index (κ3) is 3.08. The smallest absolute Gasteiger partial charge is 0.170 e. The lowest BCUT2D eigenvalue weighted by Gasteiger charge is -2.30. The number of sulfone groups is 1. The fraction of sp³-hybridized carbons (Fsp3) is 0.667. The molecule has 4 nitrogen and oxygen atoms in total. The molecule has 0 aliphatic heterocycles. The predicted octanol–water partition coefficient (Wildman–Crippen LogP) is 2.98. The summed E-state index contributed by atoms with van der Waals surface area (Å²) in [5, 5.41) is 0.486. The second kappa shape index (κ2) is 5.52. The zero-order valence-corrected chi connectivity index (χ0v) is 15.1. The fourth-order valence-electron chi connectivity index (χ4n) is 2.62. The van der Waals surface area contributed by atoms with E-state index < -0.39 is 20.2 Å². The van der Waals surface area contributed by atoms with Crippen LogP contribution >= 0.6 is 38.9 Å². The highest BCUT2D eigenvalue weighted by Crippen LogP contribution is 2.40. The van der Waals surface area contributed by atoms with Crippen molar-refractivity contribution in [2.24, 2.45) is 11.5 Å². The van der Waals surface area contributed by atoms with Crippen molar-refractivity contribution in [3.63, 3.8) is 0 Å². The molecule has 0 saturated heterocycles. The molecule has 0 aromatic carbocycles. The first-order valence-corrected chi connectivity index (χ1v) is 9.97. The van der Waals surface area contributed by atoms with Crippen LogP contribution in [0.1, 0.15) is 37.5 Å². The van der Waals surface area contributed by atoms with E-state index in [-0.39, 0.29) is 5.75 Å². The van der Waals surface area contributed by atoms with E-state index in [2.05, 4.69) is 15.9 Å². The van der Waals surface area contributed by atoms with E-state index in [1.165, 1.54) is 11.3 Å². The molecule has 114 valence electrons. The van der Waals surface area contributed by atoms with E-state index in [4.69, 9.17) is 23.1 Å². The molecule has 2 rings (SSSR count). The molecular formula is C12H18BrClN2O2S2. The number of nitrogens with two attached hydrogens (primary N) is 2. The molecule has 1 saturated carbocycles. The largest absolute Gasteiger partial charge is 0.320 e. The van der Waals surface area contributed by atoms with Crippen molar-refractivity contribution < 1.29 is 8.42 Å². The first-order valence-electron chi connectivity index (χ1n) is 6.33. The highest BCUT2D eigenvalue weighted by Gasteiger charge is 2.45. The van der Waals surface area contributed by atoms with Crippen LogP contribution in [0, 0.1) is 0 Å². The van der Waals surface area contributed by atoms with Crippen LogP contribution in [-0.2, 0) is 15.4 Å². The van der Waals surface area contributed by atoms with Gasteiger partial charge in [0.05, 0.1) is 20.1 Å². The molecule has 0 amide bonds. The summed E-state index contributed by atoms with van der Waals surface area (Å²) in [5.41, 5.74) is 11.3. The van der Waals surface area contributed by atoms with E-state index >= 15 is 0 Å². The molecule has 8 heteroatoms. The minimum Gasteiger partial charge on any atom is -0.320 e. The van der Waals surface area contributed by atoms with Gasteiger partial charge in [0.1, 0.15) is 4.87 Å². The van der Waals surface area contributed by atoms with Crippen LogP contribution in [-0.4, -0.2) is 19.0 Å². The maximum Gasteiger partial charge on any atom is 0.170 e.